The lowest BCUT2D eigenvalue weighted by Gasteiger charge is -2.24. The van der Waals surface area contributed by atoms with Gasteiger partial charge in [0.1, 0.15) is 0 Å². The topological polar surface area (TPSA) is 43.1 Å². The number of carbonyl (C=O) groups excluding carboxylic acids is 1. The quantitative estimate of drug-likeness (QED) is 0.639. The van der Waals surface area contributed by atoms with Gasteiger partial charge in [-0.1, -0.05) is 13.8 Å². The molecule has 0 bridgehead atoms. The van der Waals surface area contributed by atoms with E-state index in [0.717, 1.165) is 12.8 Å². The molecule has 0 saturated carbocycles. The van der Waals surface area contributed by atoms with Gasteiger partial charge in [-0.15, -0.1) is 0 Å². The molecule has 0 aliphatic rings. The molecular weight excluding hydrogens is 150 g/mol. The van der Waals surface area contributed by atoms with Crippen molar-refractivity contribution in [1.29, 1.82) is 0 Å². The van der Waals surface area contributed by atoms with Gasteiger partial charge >= 0.3 is 0 Å². The zero-order chi connectivity index (χ0) is 8.20. The van der Waals surface area contributed by atoms with Gasteiger partial charge in [-0.2, -0.15) is 0 Å². The van der Waals surface area contributed by atoms with Crippen molar-refractivity contribution in [3.8, 4) is 0 Å². The highest BCUT2D eigenvalue weighted by molar-refractivity contribution is 6.64. The van der Waals surface area contributed by atoms with E-state index < -0.39 is 5.41 Å². The lowest BCUT2D eigenvalue weighted by molar-refractivity contribution is -0.120. The first-order chi connectivity index (χ1) is 4.63. The Kier molecular flexibility index (Phi) is 3.91. The Hall–Kier alpha value is -0.0800. The lowest BCUT2D eigenvalue weighted by atomic mass is 9.84. The summed E-state index contributed by atoms with van der Waals surface area (Å²) < 4.78 is 0. The van der Waals surface area contributed by atoms with Crippen molar-refractivity contribution in [2.75, 3.05) is 6.54 Å². The van der Waals surface area contributed by atoms with Gasteiger partial charge in [-0.25, -0.2) is 0 Å². The maximum absolute atomic E-state index is 10.8. The molecule has 2 N–H and O–H groups in total. The van der Waals surface area contributed by atoms with Gasteiger partial charge in [0.2, 0.25) is 5.24 Å². The predicted molar refractivity (Wildman–Crippen MR) is 42.9 cm³/mol. The summed E-state index contributed by atoms with van der Waals surface area (Å²) >= 11 is 5.38. The Morgan fingerprint density at radius 3 is 1.90 bits per heavy atom. The fourth-order valence-electron chi connectivity index (χ4n) is 0.897. The summed E-state index contributed by atoms with van der Waals surface area (Å²) in [5, 5.41) is -0.306. The van der Waals surface area contributed by atoms with Crippen molar-refractivity contribution >= 4 is 16.8 Å². The van der Waals surface area contributed by atoms with E-state index in [0.29, 0.717) is 6.54 Å². The third-order valence-corrected chi connectivity index (χ3v) is 2.56. The van der Waals surface area contributed by atoms with Crippen LogP contribution in [0, 0.1) is 5.41 Å². The fraction of sp³-hybridized carbons (Fsp3) is 0.857. The summed E-state index contributed by atoms with van der Waals surface area (Å²) in [7, 11) is 0. The highest BCUT2D eigenvalue weighted by Gasteiger charge is 2.31. The monoisotopic (exact) mass is 163 g/mol. The molecule has 0 heterocycles. The van der Waals surface area contributed by atoms with Gasteiger partial charge in [0.05, 0.1) is 5.41 Å². The van der Waals surface area contributed by atoms with Crippen LogP contribution in [0.25, 0.3) is 0 Å². The molecule has 10 heavy (non-hydrogen) atoms. The zero-order valence-corrected chi connectivity index (χ0v) is 7.24. The Morgan fingerprint density at radius 2 is 1.90 bits per heavy atom. The third-order valence-electron chi connectivity index (χ3n) is 2.16. The summed E-state index contributed by atoms with van der Waals surface area (Å²) in [6.45, 7) is 4.20. The van der Waals surface area contributed by atoms with Crippen LogP contribution in [0.3, 0.4) is 0 Å². The van der Waals surface area contributed by atoms with Gasteiger partial charge < -0.3 is 5.73 Å². The molecule has 0 aliphatic heterocycles. The van der Waals surface area contributed by atoms with Crippen molar-refractivity contribution < 1.29 is 4.79 Å². The third kappa shape index (κ3) is 1.70. The number of rotatable bonds is 4. The summed E-state index contributed by atoms with van der Waals surface area (Å²) in [6, 6.07) is 0. The van der Waals surface area contributed by atoms with Gasteiger partial charge in [0, 0.05) is 6.54 Å². The zero-order valence-electron chi connectivity index (χ0n) is 6.48. The smallest absolute Gasteiger partial charge is 0.229 e. The molecule has 0 saturated heterocycles. The molecule has 0 atom stereocenters. The predicted octanol–water partition coefficient (Wildman–Crippen LogP) is 1.52. The van der Waals surface area contributed by atoms with Crippen molar-refractivity contribution in [2.45, 2.75) is 26.7 Å². The first kappa shape index (κ1) is 9.92. The second kappa shape index (κ2) is 3.94. The molecule has 0 aromatic heterocycles. The van der Waals surface area contributed by atoms with Crippen LogP contribution in [0.4, 0.5) is 0 Å². The first-order valence-corrected chi connectivity index (χ1v) is 3.90. The number of nitrogens with two attached hydrogens (primary N) is 1. The van der Waals surface area contributed by atoms with Gasteiger partial charge in [-0.3, -0.25) is 4.79 Å². The highest BCUT2D eigenvalue weighted by atomic mass is 35.5. The number of carbonyl (C=O) groups is 1. The van der Waals surface area contributed by atoms with Crippen molar-refractivity contribution in [1.82, 2.24) is 0 Å². The van der Waals surface area contributed by atoms with Crippen LogP contribution in [-0.4, -0.2) is 11.8 Å². The Bertz CT molecular complexity index is 113. The fourth-order valence-corrected chi connectivity index (χ4v) is 1.24. The Balaban J connectivity index is 4.31. The second-order valence-electron chi connectivity index (χ2n) is 2.47. The summed E-state index contributed by atoms with van der Waals surface area (Å²) in [5.74, 6) is 0. The van der Waals surface area contributed by atoms with Gasteiger partial charge in [0.25, 0.3) is 0 Å². The number of halogens is 1. The van der Waals surface area contributed by atoms with Crippen LogP contribution < -0.4 is 5.73 Å². The van der Waals surface area contributed by atoms with E-state index in [4.69, 9.17) is 17.3 Å². The maximum atomic E-state index is 10.8. The largest absolute Gasteiger partial charge is 0.329 e. The minimum absolute atomic E-state index is 0.306. The average Bonchev–Trinajstić information content (AvgIpc) is 1.92. The first-order valence-electron chi connectivity index (χ1n) is 3.53. The standard InChI is InChI=1S/C7H14ClNO/c1-3-7(4-2,5-9)6(8)10/h3-5,9H2,1-2H3. The van der Waals surface area contributed by atoms with Crippen LogP contribution in [-0.2, 0) is 4.79 Å². The maximum Gasteiger partial charge on any atom is 0.229 e. The van der Waals surface area contributed by atoms with Gasteiger partial charge in [-0.05, 0) is 24.4 Å². The summed E-state index contributed by atoms with van der Waals surface area (Å²) in [4.78, 5) is 10.8. The molecule has 60 valence electrons. The van der Waals surface area contributed by atoms with E-state index in [1.165, 1.54) is 0 Å². The van der Waals surface area contributed by atoms with E-state index in [-0.39, 0.29) is 5.24 Å². The molecule has 0 radical (unpaired) electrons. The molecular formula is C7H14ClNO. The lowest BCUT2D eigenvalue weighted by Crippen LogP contribution is -2.34. The van der Waals surface area contributed by atoms with E-state index in [1.54, 1.807) is 0 Å². The van der Waals surface area contributed by atoms with E-state index in [2.05, 4.69) is 0 Å². The molecule has 0 unspecified atom stereocenters. The molecule has 0 aliphatic carbocycles. The molecule has 0 fully saturated rings. The Labute approximate surface area is 66.7 Å². The molecule has 0 rings (SSSR count). The van der Waals surface area contributed by atoms with Crippen LogP contribution in [0.2, 0.25) is 0 Å². The van der Waals surface area contributed by atoms with E-state index in [1.807, 2.05) is 13.8 Å². The normalized spacial score (nSPS) is 11.6. The molecule has 0 amide bonds. The second-order valence-corrected chi connectivity index (χ2v) is 2.81. The molecule has 3 heteroatoms. The number of hydrogen-bond acceptors (Lipinski definition) is 2. The minimum Gasteiger partial charge on any atom is -0.329 e. The van der Waals surface area contributed by atoms with Crippen LogP contribution >= 0.6 is 11.6 Å². The van der Waals surface area contributed by atoms with Crippen LogP contribution in [0.1, 0.15) is 26.7 Å². The summed E-state index contributed by atoms with van der Waals surface area (Å²) in [6.07, 6.45) is 1.45. The van der Waals surface area contributed by atoms with Crippen molar-refractivity contribution in [2.24, 2.45) is 11.1 Å². The van der Waals surface area contributed by atoms with Gasteiger partial charge in [0.15, 0.2) is 0 Å². The summed E-state index contributed by atoms with van der Waals surface area (Å²) in [5.41, 5.74) is 4.95. The van der Waals surface area contributed by atoms with Crippen LogP contribution in [0.15, 0.2) is 0 Å². The van der Waals surface area contributed by atoms with E-state index in [9.17, 15) is 4.79 Å². The molecule has 0 spiro atoms. The molecule has 0 aromatic carbocycles. The number of hydrogen-bond donors (Lipinski definition) is 1. The van der Waals surface area contributed by atoms with Crippen molar-refractivity contribution in [3.63, 3.8) is 0 Å². The molecule has 0 aromatic rings. The Morgan fingerprint density at radius 1 is 1.50 bits per heavy atom. The molecule has 2 nitrogen and oxygen atoms in total. The highest BCUT2D eigenvalue weighted by Crippen LogP contribution is 2.27. The van der Waals surface area contributed by atoms with Crippen LogP contribution in [0.5, 0.6) is 0 Å². The SMILES string of the molecule is CCC(CC)(CN)C(=O)Cl. The average molecular weight is 164 g/mol. The van der Waals surface area contributed by atoms with E-state index >= 15 is 0 Å². The van der Waals surface area contributed by atoms with Crippen molar-refractivity contribution in [3.05, 3.63) is 0 Å². The minimum atomic E-state index is -0.471.